The minimum atomic E-state index is -0.387. The van der Waals surface area contributed by atoms with E-state index in [1.54, 1.807) is 12.1 Å². The number of rotatable bonds is 7. The second-order valence-electron chi connectivity index (χ2n) is 8.10. The third-order valence-electron chi connectivity index (χ3n) is 6.02. The zero-order valence-corrected chi connectivity index (χ0v) is 18.8. The Morgan fingerprint density at radius 3 is 2.32 bits per heavy atom. The lowest BCUT2D eigenvalue weighted by Gasteiger charge is -2.36. The van der Waals surface area contributed by atoms with E-state index < -0.39 is 0 Å². The maximum Gasteiger partial charge on any atom is 0.269 e. The summed E-state index contributed by atoms with van der Waals surface area (Å²) in [5.74, 6) is 2.21. The summed E-state index contributed by atoms with van der Waals surface area (Å²) < 4.78 is 0. The van der Waals surface area contributed by atoms with Crippen LogP contribution in [0.3, 0.4) is 0 Å². The van der Waals surface area contributed by atoms with Crippen LogP contribution in [0.15, 0.2) is 24.3 Å². The molecule has 3 rings (SSSR count). The van der Waals surface area contributed by atoms with E-state index in [-0.39, 0.29) is 22.4 Å². The number of nitro benzene ring substituents is 1. The lowest BCUT2D eigenvalue weighted by atomic mass is 10.0. The number of non-ortho nitro benzene ring substituents is 1. The van der Waals surface area contributed by atoms with Gasteiger partial charge in [0.25, 0.3) is 5.69 Å². The van der Waals surface area contributed by atoms with E-state index >= 15 is 0 Å². The summed E-state index contributed by atoms with van der Waals surface area (Å²) in [6.07, 6.45) is 2.09. The summed E-state index contributed by atoms with van der Waals surface area (Å²) in [6.45, 7) is 11.0. The molecule has 1 atom stereocenters. The number of amides is 1. The van der Waals surface area contributed by atoms with Crippen LogP contribution in [0.5, 0.6) is 0 Å². The first-order valence-corrected chi connectivity index (χ1v) is 11.0. The highest BCUT2D eigenvalue weighted by atomic mass is 16.6. The number of carbonyl (C=O) groups excluding carboxylic acids is 1. The van der Waals surface area contributed by atoms with Crippen molar-refractivity contribution in [1.82, 2.24) is 14.9 Å². The molecular weight excluding hydrogens is 394 g/mol. The Hall–Kier alpha value is -3.03. The summed E-state index contributed by atoms with van der Waals surface area (Å²) in [6, 6.07) is 6.66. The number of nitrogens with zero attached hydrogens (tertiary/aromatic N) is 5. The van der Waals surface area contributed by atoms with Gasteiger partial charge in [-0.25, -0.2) is 9.97 Å². The van der Waals surface area contributed by atoms with Crippen molar-refractivity contribution < 1.29 is 9.72 Å². The van der Waals surface area contributed by atoms with Gasteiger partial charge in [0.1, 0.15) is 11.6 Å². The van der Waals surface area contributed by atoms with Gasteiger partial charge in [0.15, 0.2) is 0 Å². The third-order valence-corrected chi connectivity index (χ3v) is 6.02. The first kappa shape index (κ1) is 22.7. The normalized spacial score (nSPS) is 15.1. The summed E-state index contributed by atoms with van der Waals surface area (Å²) in [4.78, 5) is 36.6. The number of hydrogen-bond donors (Lipinski definition) is 0. The predicted molar refractivity (Wildman–Crippen MR) is 120 cm³/mol. The van der Waals surface area contributed by atoms with Crippen molar-refractivity contribution in [2.24, 2.45) is 0 Å². The van der Waals surface area contributed by atoms with Crippen molar-refractivity contribution in [3.05, 3.63) is 57.0 Å². The Kier molecular flexibility index (Phi) is 7.20. The molecule has 2 heterocycles. The van der Waals surface area contributed by atoms with Gasteiger partial charge in [-0.2, -0.15) is 0 Å². The highest BCUT2D eigenvalue weighted by Gasteiger charge is 2.25. The van der Waals surface area contributed by atoms with Crippen LogP contribution in [0.1, 0.15) is 62.2 Å². The van der Waals surface area contributed by atoms with E-state index in [1.165, 1.54) is 12.1 Å². The van der Waals surface area contributed by atoms with Crippen LogP contribution in [-0.2, 0) is 11.2 Å². The zero-order valence-electron chi connectivity index (χ0n) is 18.8. The Labute approximate surface area is 183 Å². The molecule has 1 aliphatic heterocycles. The van der Waals surface area contributed by atoms with E-state index in [1.807, 2.05) is 18.7 Å². The van der Waals surface area contributed by atoms with Crippen molar-refractivity contribution in [3.8, 4) is 0 Å². The van der Waals surface area contributed by atoms with Gasteiger partial charge in [-0.3, -0.25) is 14.9 Å². The minimum absolute atomic E-state index is 0.0841. The zero-order chi connectivity index (χ0) is 22.5. The molecule has 8 nitrogen and oxygen atoms in total. The molecule has 166 valence electrons. The monoisotopic (exact) mass is 425 g/mol. The molecule has 0 radical (unpaired) electrons. The van der Waals surface area contributed by atoms with Gasteiger partial charge in [-0.15, -0.1) is 0 Å². The molecule has 0 spiro atoms. The Balaban J connectivity index is 1.92. The first-order chi connectivity index (χ1) is 14.8. The van der Waals surface area contributed by atoms with Crippen LogP contribution in [0.4, 0.5) is 11.5 Å². The fourth-order valence-electron chi connectivity index (χ4n) is 3.80. The van der Waals surface area contributed by atoms with E-state index in [4.69, 9.17) is 9.97 Å². The SMILES string of the molecule is CCC(=O)N1CCN(c2nc(C(C)CC)nc(C)c2Cc2ccc([N+](=O)[O-])cc2)CC1. The molecule has 0 saturated carbocycles. The van der Waals surface area contributed by atoms with Gasteiger partial charge in [-0.05, 0) is 18.9 Å². The van der Waals surface area contributed by atoms with Crippen LogP contribution < -0.4 is 4.90 Å². The van der Waals surface area contributed by atoms with E-state index in [9.17, 15) is 14.9 Å². The summed E-state index contributed by atoms with van der Waals surface area (Å²) >= 11 is 0. The van der Waals surface area contributed by atoms with Crippen LogP contribution in [-0.4, -0.2) is 51.9 Å². The molecule has 1 aliphatic rings. The van der Waals surface area contributed by atoms with Gasteiger partial charge < -0.3 is 9.80 Å². The number of piperazine rings is 1. The molecule has 0 N–H and O–H groups in total. The Morgan fingerprint density at radius 2 is 1.77 bits per heavy atom. The highest BCUT2D eigenvalue weighted by molar-refractivity contribution is 5.76. The first-order valence-electron chi connectivity index (χ1n) is 11.0. The van der Waals surface area contributed by atoms with Crippen LogP contribution in [0.2, 0.25) is 0 Å². The fraction of sp³-hybridized carbons (Fsp3) is 0.522. The number of nitro groups is 1. The number of benzene rings is 1. The van der Waals surface area contributed by atoms with Gasteiger partial charge in [0.2, 0.25) is 5.91 Å². The lowest BCUT2D eigenvalue weighted by molar-refractivity contribution is -0.384. The molecule has 1 fully saturated rings. The van der Waals surface area contributed by atoms with E-state index in [0.29, 0.717) is 25.9 Å². The van der Waals surface area contributed by atoms with Crippen molar-refractivity contribution in [2.75, 3.05) is 31.1 Å². The topological polar surface area (TPSA) is 92.5 Å². The average molecular weight is 426 g/mol. The number of aromatic nitrogens is 2. The molecule has 1 amide bonds. The molecule has 31 heavy (non-hydrogen) atoms. The molecule has 0 bridgehead atoms. The summed E-state index contributed by atoms with van der Waals surface area (Å²) in [7, 11) is 0. The van der Waals surface area contributed by atoms with Crippen molar-refractivity contribution in [2.45, 2.75) is 52.9 Å². The van der Waals surface area contributed by atoms with Crippen LogP contribution in [0, 0.1) is 17.0 Å². The second kappa shape index (κ2) is 9.85. The summed E-state index contributed by atoms with van der Waals surface area (Å²) in [5.41, 5.74) is 3.04. The number of anilines is 1. The number of hydrogen-bond acceptors (Lipinski definition) is 6. The molecule has 1 unspecified atom stereocenters. The minimum Gasteiger partial charge on any atom is -0.353 e. The third kappa shape index (κ3) is 5.18. The highest BCUT2D eigenvalue weighted by Crippen LogP contribution is 2.28. The molecule has 1 aromatic heterocycles. The average Bonchev–Trinajstić information content (AvgIpc) is 2.79. The molecule has 1 saturated heterocycles. The Morgan fingerprint density at radius 1 is 1.13 bits per heavy atom. The molecule has 2 aromatic rings. The Bertz CT molecular complexity index is 937. The fourth-order valence-corrected chi connectivity index (χ4v) is 3.80. The molecule has 1 aromatic carbocycles. The van der Waals surface area contributed by atoms with Crippen molar-refractivity contribution in [1.29, 1.82) is 0 Å². The second-order valence-corrected chi connectivity index (χ2v) is 8.10. The van der Waals surface area contributed by atoms with Crippen molar-refractivity contribution >= 4 is 17.4 Å². The lowest BCUT2D eigenvalue weighted by Crippen LogP contribution is -2.49. The smallest absolute Gasteiger partial charge is 0.269 e. The van der Waals surface area contributed by atoms with Gasteiger partial charge in [0, 0.05) is 68.3 Å². The number of carbonyl (C=O) groups is 1. The molecule has 0 aliphatic carbocycles. The quantitative estimate of drug-likeness (QED) is 0.494. The van der Waals surface area contributed by atoms with Gasteiger partial charge in [0.05, 0.1) is 4.92 Å². The predicted octanol–water partition coefficient (Wildman–Crippen LogP) is 3.86. The maximum absolute atomic E-state index is 12.1. The standard InChI is InChI=1S/C23H31N5O3/c1-5-16(3)22-24-17(4)20(15-18-7-9-19(10-8-18)28(30)31)23(25-22)27-13-11-26(12-14-27)21(29)6-2/h7-10,16H,5-6,11-15H2,1-4H3. The maximum atomic E-state index is 12.1. The van der Waals surface area contributed by atoms with Crippen molar-refractivity contribution in [3.63, 3.8) is 0 Å². The van der Waals surface area contributed by atoms with Crippen LogP contribution >= 0.6 is 0 Å². The number of aryl methyl sites for hydroxylation is 1. The van der Waals surface area contributed by atoms with E-state index in [0.717, 1.165) is 48.0 Å². The molecule has 8 heteroatoms. The van der Waals surface area contributed by atoms with E-state index in [2.05, 4.69) is 18.7 Å². The summed E-state index contributed by atoms with van der Waals surface area (Å²) in [5, 5.41) is 11.0. The largest absolute Gasteiger partial charge is 0.353 e. The molecular formula is C23H31N5O3. The van der Waals surface area contributed by atoms with Gasteiger partial charge in [-0.1, -0.05) is 32.9 Å². The van der Waals surface area contributed by atoms with Gasteiger partial charge >= 0.3 is 0 Å². The van der Waals surface area contributed by atoms with Crippen LogP contribution in [0.25, 0.3) is 0 Å².